The van der Waals surface area contributed by atoms with E-state index in [9.17, 15) is 0 Å². The van der Waals surface area contributed by atoms with Crippen molar-refractivity contribution in [1.29, 1.82) is 0 Å². The molecule has 0 radical (unpaired) electrons. The summed E-state index contributed by atoms with van der Waals surface area (Å²) in [4.78, 5) is 1.34. The molecular weight excluding hydrogens is 238 g/mol. The quantitative estimate of drug-likeness (QED) is 0.399. The van der Waals surface area contributed by atoms with E-state index in [1.54, 1.807) is 0 Å². The number of quaternary nitrogens is 1. The highest BCUT2D eigenvalue weighted by Crippen LogP contribution is 2.09. The van der Waals surface area contributed by atoms with Gasteiger partial charge in [-0.1, -0.05) is 58.3 Å². The summed E-state index contributed by atoms with van der Waals surface area (Å²) in [5.41, 5.74) is 0. The standard InChI is InChI=1S/C16H35NO2/c1-2-3-4-5-6-7-8-9-10-11-12-17(13-15-18)14-16-19/h18-19H,2-16H2,1H3/p+1. The molecule has 0 fully saturated rings. The average Bonchev–Trinajstić information content (AvgIpc) is 2.41. The second kappa shape index (κ2) is 15.9. The van der Waals surface area contributed by atoms with Crippen molar-refractivity contribution in [2.24, 2.45) is 0 Å². The van der Waals surface area contributed by atoms with Crippen LogP contribution in [0.25, 0.3) is 0 Å². The third kappa shape index (κ3) is 14.1. The molecule has 0 aliphatic carbocycles. The lowest BCUT2D eigenvalue weighted by Crippen LogP contribution is -3.13. The molecule has 3 heteroatoms. The van der Waals surface area contributed by atoms with Gasteiger partial charge >= 0.3 is 0 Å². The van der Waals surface area contributed by atoms with Gasteiger partial charge in [0.15, 0.2) is 0 Å². The Balaban J connectivity index is 3.20. The Kier molecular flexibility index (Phi) is 15.8. The van der Waals surface area contributed by atoms with E-state index >= 15 is 0 Å². The lowest BCUT2D eigenvalue weighted by molar-refractivity contribution is -0.901. The van der Waals surface area contributed by atoms with Crippen molar-refractivity contribution in [3.8, 4) is 0 Å². The summed E-state index contributed by atoms with van der Waals surface area (Å²) in [5, 5.41) is 17.8. The number of hydrogen-bond acceptors (Lipinski definition) is 2. The van der Waals surface area contributed by atoms with E-state index in [1.165, 1.54) is 69.1 Å². The fourth-order valence-corrected chi connectivity index (χ4v) is 2.55. The number of aliphatic hydroxyl groups is 2. The molecule has 0 aromatic carbocycles. The van der Waals surface area contributed by atoms with Crippen molar-refractivity contribution in [2.75, 3.05) is 32.8 Å². The molecule has 0 unspecified atom stereocenters. The molecule has 0 saturated heterocycles. The first-order valence-corrected chi connectivity index (χ1v) is 8.40. The Labute approximate surface area is 120 Å². The zero-order valence-electron chi connectivity index (χ0n) is 13.0. The van der Waals surface area contributed by atoms with Gasteiger partial charge in [-0.05, 0) is 12.8 Å². The maximum atomic E-state index is 8.92. The van der Waals surface area contributed by atoms with Gasteiger partial charge in [-0.3, -0.25) is 0 Å². The fourth-order valence-electron chi connectivity index (χ4n) is 2.55. The number of aliphatic hydroxyl groups excluding tert-OH is 2. The topological polar surface area (TPSA) is 44.9 Å². The summed E-state index contributed by atoms with van der Waals surface area (Å²) >= 11 is 0. The first kappa shape index (κ1) is 18.9. The Bertz CT molecular complexity index is 159. The molecule has 0 aromatic heterocycles. The van der Waals surface area contributed by atoms with Gasteiger partial charge in [0.2, 0.25) is 0 Å². The third-order valence-electron chi connectivity index (χ3n) is 3.81. The maximum Gasteiger partial charge on any atom is 0.101 e. The highest BCUT2D eigenvalue weighted by Gasteiger charge is 2.05. The predicted octanol–water partition coefficient (Wildman–Crippen LogP) is 1.78. The molecule has 0 rings (SSSR count). The first-order chi connectivity index (χ1) is 9.35. The monoisotopic (exact) mass is 274 g/mol. The van der Waals surface area contributed by atoms with Crippen molar-refractivity contribution in [3.05, 3.63) is 0 Å². The van der Waals surface area contributed by atoms with Gasteiger partial charge < -0.3 is 15.1 Å². The highest BCUT2D eigenvalue weighted by atomic mass is 16.3. The van der Waals surface area contributed by atoms with Crippen LogP contribution in [0.2, 0.25) is 0 Å². The van der Waals surface area contributed by atoms with E-state index in [4.69, 9.17) is 10.2 Å². The van der Waals surface area contributed by atoms with Crippen LogP contribution >= 0.6 is 0 Å². The van der Waals surface area contributed by atoms with Crippen LogP contribution in [0, 0.1) is 0 Å². The minimum absolute atomic E-state index is 0.229. The largest absolute Gasteiger partial charge is 0.391 e. The second-order valence-corrected chi connectivity index (χ2v) is 5.63. The molecule has 3 nitrogen and oxygen atoms in total. The Morgan fingerprint density at radius 2 is 1.00 bits per heavy atom. The van der Waals surface area contributed by atoms with Gasteiger partial charge in [-0.25, -0.2) is 0 Å². The van der Waals surface area contributed by atoms with Gasteiger partial charge in [0, 0.05) is 0 Å². The smallest absolute Gasteiger partial charge is 0.101 e. The third-order valence-corrected chi connectivity index (χ3v) is 3.81. The second-order valence-electron chi connectivity index (χ2n) is 5.63. The molecular formula is C16H36NO2+. The number of nitrogens with one attached hydrogen (secondary N) is 1. The van der Waals surface area contributed by atoms with Gasteiger partial charge in [0.25, 0.3) is 0 Å². The number of hydrogen-bond donors (Lipinski definition) is 3. The predicted molar refractivity (Wildman–Crippen MR) is 81.6 cm³/mol. The molecule has 0 aliphatic heterocycles. The van der Waals surface area contributed by atoms with E-state index in [1.807, 2.05) is 0 Å². The molecule has 0 spiro atoms. The van der Waals surface area contributed by atoms with Crippen molar-refractivity contribution in [2.45, 2.75) is 71.1 Å². The van der Waals surface area contributed by atoms with E-state index in [2.05, 4.69) is 6.92 Å². The van der Waals surface area contributed by atoms with Crippen LogP contribution in [0.1, 0.15) is 71.1 Å². The molecule has 19 heavy (non-hydrogen) atoms. The van der Waals surface area contributed by atoms with Crippen LogP contribution in [0.5, 0.6) is 0 Å². The molecule has 0 bridgehead atoms. The molecule has 0 atom stereocenters. The normalized spacial score (nSPS) is 11.4. The van der Waals surface area contributed by atoms with Crippen LogP contribution < -0.4 is 4.90 Å². The van der Waals surface area contributed by atoms with E-state index in [-0.39, 0.29) is 13.2 Å². The van der Waals surface area contributed by atoms with Crippen molar-refractivity contribution in [3.63, 3.8) is 0 Å². The lowest BCUT2D eigenvalue weighted by atomic mass is 10.1. The summed E-state index contributed by atoms with van der Waals surface area (Å²) in [5.74, 6) is 0. The average molecular weight is 274 g/mol. The Morgan fingerprint density at radius 3 is 1.42 bits per heavy atom. The molecule has 0 amide bonds. The Morgan fingerprint density at radius 1 is 0.579 bits per heavy atom. The minimum atomic E-state index is 0.229. The zero-order valence-corrected chi connectivity index (χ0v) is 13.0. The number of unbranched alkanes of at least 4 members (excludes halogenated alkanes) is 9. The van der Waals surface area contributed by atoms with Crippen LogP contribution in [0.15, 0.2) is 0 Å². The molecule has 116 valence electrons. The molecule has 0 aliphatic rings. The Hall–Kier alpha value is -0.120. The maximum absolute atomic E-state index is 8.92. The molecule has 0 aromatic rings. The molecule has 0 saturated carbocycles. The van der Waals surface area contributed by atoms with E-state index in [0.29, 0.717) is 0 Å². The first-order valence-electron chi connectivity index (χ1n) is 8.40. The SMILES string of the molecule is CCCCCCCCCCCC[NH+](CCO)CCO. The van der Waals surface area contributed by atoms with Gasteiger partial charge in [-0.2, -0.15) is 0 Å². The van der Waals surface area contributed by atoms with E-state index < -0.39 is 0 Å². The molecule has 0 heterocycles. The van der Waals surface area contributed by atoms with Gasteiger partial charge in [0.05, 0.1) is 19.8 Å². The summed E-state index contributed by atoms with van der Waals surface area (Å²) < 4.78 is 0. The summed E-state index contributed by atoms with van der Waals surface area (Å²) in [7, 11) is 0. The fraction of sp³-hybridized carbons (Fsp3) is 1.00. The zero-order chi connectivity index (χ0) is 14.2. The molecule has 3 N–H and O–H groups in total. The highest BCUT2D eigenvalue weighted by molar-refractivity contribution is 4.47. The van der Waals surface area contributed by atoms with Crippen LogP contribution in [-0.4, -0.2) is 43.1 Å². The lowest BCUT2D eigenvalue weighted by Gasteiger charge is -2.17. The van der Waals surface area contributed by atoms with Crippen molar-refractivity contribution < 1.29 is 15.1 Å². The van der Waals surface area contributed by atoms with Crippen molar-refractivity contribution >= 4 is 0 Å². The van der Waals surface area contributed by atoms with Gasteiger partial charge in [0.1, 0.15) is 13.1 Å². The summed E-state index contributed by atoms with van der Waals surface area (Å²) in [6.07, 6.45) is 13.6. The van der Waals surface area contributed by atoms with Crippen LogP contribution in [0.3, 0.4) is 0 Å². The van der Waals surface area contributed by atoms with Crippen molar-refractivity contribution in [1.82, 2.24) is 0 Å². The van der Waals surface area contributed by atoms with E-state index in [0.717, 1.165) is 19.6 Å². The number of rotatable bonds is 15. The van der Waals surface area contributed by atoms with Crippen LogP contribution in [-0.2, 0) is 0 Å². The minimum Gasteiger partial charge on any atom is -0.391 e. The van der Waals surface area contributed by atoms with Crippen LogP contribution in [0.4, 0.5) is 0 Å². The summed E-state index contributed by atoms with van der Waals surface area (Å²) in [6, 6.07) is 0. The summed E-state index contributed by atoms with van der Waals surface area (Å²) in [6.45, 7) is 5.37. The van der Waals surface area contributed by atoms with Gasteiger partial charge in [-0.15, -0.1) is 0 Å².